The van der Waals surface area contributed by atoms with Crippen molar-refractivity contribution in [3.05, 3.63) is 0 Å². The standard InChI is InChI=1S/C6H7F2NO/c7-6(8)2-3-1-4(6)5(10)9-3/h3-4H,1-2H2,(H,9,10). The molecule has 2 fully saturated rings. The minimum absolute atomic E-state index is 0.163. The molecule has 1 N–H and O–H groups in total. The van der Waals surface area contributed by atoms with Crippen LogP contribution in [0.25, 0.3) is 0 Å². The number of piperidine rings is 1. The second-order valence-electron chi connectivity index (χ2n) is 2.96. The number of carbonyl (C=O) groups is 1. The highest BCUT2D eigenvalue weighted by molar-refractivity contribution is 5.83. The molecule has 1 amide bonds. The summed E-state index contributed by atoms with van der Waals surface area (Å²) in [5.74, 6) is -4.23. The van der Waals surface area contributed by atoms with E-state index >= 15 is 0 Å². The van der Waals surface area contributed by atoms with Gasteiger partial charge in [-0.1, -0.05) is 0 Å². The topological polar surface area (TPSA) is 29.1 Å². The van der Waals surface area contributed by atoms with Crippen LogP contribution in [0, 0.1) is 5.92 Å². The van der Waals surface area contributed by atoms with E-state index in [0.717, 1.165) is 0 Å². The van der Waals surface area contributed by atoms with E-state index in [1.807, 2.05) is 0 Å². The quantitative estimate of drug-likeness (QED) is 0.532. The Hall–Kier alpha value is -0.670. The average molecular weight is 147 g/mol. The summed E-state index contributed by atoms with van der Waals surface area (Å²) in [6, 6.07) is -0.257. The van der Waals surface area contributed by atoms with Gasteiger partial charge in [0.15, 0.2) is 0 Å². The Morgan fingerprint density at radius 3 is 2.60 bits per heavy atom. The summed E-state index contributed by atoms with van der Waals surface area (Å²) in [7, 11) is 0. The first-order chi connectivity index (χ1) is 4.59. The van der Waals surface area contributed by atoms with Gasteiger partial charge in [0.25, 0.3) is 5.92 Å². The van der Waals surface area contributed by atoms with Gasteiger partial charge in [0.05, 0.1) is 0 Å². The number of nitrogens with one attached hydrogen (secondary N) is 1. The van der Waals surface area contributed by atoms with E-state index in [4.69, 9.17) is 0 Å². The lowest BCUT2D eigenvalue weighted by atomic mass is 10.1. The summed E-state index contributed by atoms with van der Waals surface area (Å²) in [6.07, 6.45) is 0.162. The number of hydrogen-bond acceptors (Lipinski definition) is 1. The summed E-state index contributed by atoms with van der Waals surface area (Å²) < 4.78 is 25.3. The Morgan fingerprint density at radius 2 is 2.30 bits per heavy atom. The van der Waals surface area contributed by atoms with Crippen molar-refractivity contribution in [2.24, 2.45) is 5.92 Å². The third-order valence-electron chi connectivity index (χ3n) is 2.21. The number of alkyl halides is 2. The number of halogens is 2. The van der Waals surface area contributed by atoms with Crippen LogP contribution in [-0.4, -0.2) is 17.9 Å². The van der Waals surface area contributed by atoms with E-state index < -0.39 is 17.7 Å². The van der Waals surface area contributed by atoms with E-state index in [2.05, 4.69) is 5.32 Å². The van der Waals surface area contributed by atoms with E-state index in [9.17, 15) is 13.6 Å². The molecule has 2 rings (SSSR count). The molecule has 1 heterocycles. The molecular weight excluding hydrogens is 140 g/mol. The van der Waals surface area contributed by atoms with Crippen molar-refractivity contribution in [1.82, 2.24) is 5.32 Å². The Balaban J connectivity index is 2.28. The Labute approximate surface area is 56.6 Å². The normalized spacial score (nSPS) is 42.0. The summed E-state index contributed by atoms with van der Waals surface area (Å²) in [6.45, 7) is 0. The molecule has 0 radical (unpaired) electrons. The van der Waals surface area contributed by atoms with Gasteiger partial charge >= 0.3 is 0 Å². The van der Waals surface area contributed by atoms with Crippen LogP contribution in [-0.2, 0) is 4.79 Å². The van der Waals surface area contributed by atoms with Gasteiger partial charge in [-0.2, -0.15) is 0 Å². The van der Waals surface area contributed by atoms with Gasteiger partial charge in [0, 0.05) is 12.5 Å². The first kappa shape index (κ1) is 6.07. The van der Waals surface area contributed by atoms with Crippen LogP contribution in [0.3, 0.4) is 0 Å². The first-order valence-corrected chi connectivity index (χ1v) is 3.28. The fourth-order valence-corrected chi connectivity index (χ4v) is 1.72. The zero-order valence-corrected chi connectivity index (χ0v) is 5.23. The van der Waals surface area contributed by atoms with Crippen molar-refractivity contribution in [1.29, 1.82) is 0 Å². The molecule has 10 heavy (non-hydrogen) atoms. The molecule has 1 saturated heterocycles. The van der Waals surface area contributed by atoms with Gasteiger partial charge in [0.2, 0.25) is 5.91 Å². The van der Waals surface area contributed by atoms with Crippen molar-refractivity contribution in [2.45, 2.75) is 24.8 Å². The van der Waals surface area contributed by atoms with E-state index in [-0.39, 0.29) is 12.5 Å². The van der Waals surface area contributed by atoms with E-state index in [1.165, 1.54) is 0 Å². The summed E-state index contributed by atoms with van der Waals surface area (Å²) in [4.78, 5) is 10.7. The molecule has 4 heteroatoms. The maximum Gasteiger partial charge on any atom is 0.261 e. The predicted molar refractivity (Wildman–Crippen MR) is 29.6 cm³/mol. The largest absolute Gasteiger partial charge is 0.353 e. The van der Waals surface area contributed by atoms with E-state index in [1.54, 1.807) is 0 Å². The van der Waals surface area contributed by atoms with Crippen LogP contribution < -0.4 is 5.32 Å². The average Bonchev–Trinajstić information content (AvgIpc) is 2.18. The number of fused-ring (bicyclic) bond motifs is 2. The minimum Gasteiger partial charge on any atom is -0.353 e. The van der Waals surface area contributed by atoms with Crippen molar-refractivity contribution < 1.29 is 13.6 Å². The van der Waals surface area contributed by atoms with Crippen molar-refractivity contribution >= 4 is 5.91 Å². The zero-order chi connectivity index (χ0) is 7.35. The van der Waals surface area contributed by atoms with Gasteiger partial charge < -0.3 is 5.32 Å². The highest BCUT2D eigenvalue weighted by Gasteiger charge is 2.57. The minimum atomic E-state index is -2.73. The van der Waals surface area contributed by atoms with Crippen LogP contribution in [0.2, 0.25) is 0 Å². The molecule has 2 unspecified atom stereocenters. The maximum absolute atomic E-state index is 12.6. The molecule has 56 valence electrons. The molecule has 2 atom stereocenters. The molecule has 2 aliphatic rings. The molecule has 2 nitrogen and oxygen atoms in total. The van der Waals surface area contributed by atoms with Crippen molar-refractivity contribution in [2.75, 3.05) is 0 Å². The third kappa shape index (κ3) is 0.589. The molecule has 0 aromatic heterocycles. The molecule has 1 aliphatic heterocycles. The fourth-order valence-electron chi connectivity index (χ4n) is 1.72. The fraction of sp³-hybridized carbons (Fsp3) is 0.833. The van der Waals surface area contributed by atoms with Crippen LogP contribution in [0.4, 0.5) is 8.78 Å². The van der Waals surface area contributed by atoms with Crippen molar-refractivity contribution in [3.63, 3.8) is 0 Å². The second-order valence-corrected chi connectivity index (χ2v) is 2.96. The Bertz CT molecular complexity index is 192. The highest BCUT2D eigenvalue weighted by Crippen LogP contribution is 2.44. The molecular formula is C6H7F2NO. The van der Waals surface area contributed by atoms with Crippen LogP contribution in [0.1, 0.15) is 12.8 Å². The van der Waals surface area contributed by atoms with Gasteiger partial charge in [-0.25, -0.2) is 8.78 Å². The monoisotopic (exact) mass is 147 g/mol. The number of hydrogen-bond donors (Lipinski definition) is 1. The predicted octanol–water partition coefficient (Wildman–Crippen LogP) is 0.530. The second kappa shape index (κ2) is 1.49. The van der Waals surface area contributed by atoms with Gasteiger partial charge in [-0.15, -0.1) is 0 Å². The SMILES string of the molecule is O=C1NC2CC1C(F)(F)C2. The zero-order valence-electron chi connectivity index (χ0n) is 5.23. The molecule has 1 saturated carbocycles. The lowest BCUT2D eigenvalue weighted by Crippen LogP contribution is -2.41. The number of amides is 1. The number of rotatable bonds is 0. The van der Waals surface area contributed by atoms with Gasteiger partial charge in [-0.05, 0) is 6.42 Å². The van der Waals surface area contributed by atoms with Crippen LogP contribution in [0.15, 0.2) is 0 Å². The molecule has 0 aromatic carbocycles. The molecule has 0 spiro atoms. The smallest absolute Gasteiger partial charge is 0.261 e. The summed E-state index contributed by atoms with van der Waals surface area (Å²) in [5.41, 5.74) is 0. The van der Waals surface area contributed by atoms with Crippen molar-refractivity contribution in [3.8, 4) is 0 Å². The molecule has 0 aromatic rings. The lowest BCUT2D eigenvalue weighted by Gasteiger charge is -2.20. The highest BCUT2D eigenvalue weighted by atomic mass is 19.3. The summed E-state index contributed by atoms with van der Waals surface area (Å²) in [5, 5.41) is 2.49. The number of carbonyl (C=O) groups excluding carboxylic acids is 1. The molecule has 2 bridgehead atoms. The van der Waals surface area contributed by atoms with E-state index in [0.29, 0.717) is 6.42 Å². The Morgan fingerprint density at radius 1 is 1.60 bits per heavy atom. The van der Waals surface area contributed by atoms with Gasteiger partial charge in [-0.3, -0.25) is 4.79 Å². The first-order valence-electron chi connectivity index (χ1n) is 3.28. The van der Waals surface area contributed by atoms with Crippen LogP contribution >= 0.6 is 0 Å². The van der Waals surface area contributed by atoms with Gasteiger partial charge in [0.1, 0.15) is 5.92 Å². The third-order valence-corrected chi connectivity index (χ3v) is 2.21. The lowest BCUT2D eigenvalue weighted by molar-refractivity contribution is -0.137. The molecule has 1 aliphatic carbocycles. The Kier molecular flexibility index (Phi) is 0.904. The summed E-state index contributed by atoms with van der Waals surface area (Å²) >= 11 is 0. The maximum atomic E-state index is 12.6. The van der Waals surface area contributed by atoms with Crippen LogP contribution in [0.5, 0.6) is 0 Å².